The Labute approximate surface area is 154 Å². The minimum absolute atomic E-state index is 0.274. The van der Waals surface area contributed by atoms with Gasteiger partial charge in [-0.05, 0) is 47.9 Å². The Balaban J connectivity index is 1.90. The van der Waals surface area contributed by atoms with Gasteiger partial charge in [0.2, 0.25) is 0 Å². The fraction of sp³-hybridized carbons (Fsp3) is 0.278. The Morgan fingerprint density at radius 2 is 1.81 bits per heavy atom. The minimum Gasteiger partial charge on any atom is -0.497 e. The Kier molecular flexibility index (Phi) is 5.18. The normalized spacial score (nSPS) is 11.6. The van der Waals surface area contributed by atoms with Gasteiger partial charge in [0.25, 0.3) is 0 Å². The molecule has 2 aromatic heterocycles. The standard InChI is InChI=1S/C18H17ClF2N4O/c1-12-9-22-17(23-10-12)8-14-7-16(18(19,20)21)24-25(14)11-13-3-5-15(26-2)6-4-13/h3-7,9-10H,8,11H2,1-2H3. The molecule has 3 rings (SSSR count). The first kappa shape index (κ1) is 18.3. The molecule has 136 valence electrons. The van der Waals surface area contributed by atoms with Gasteiger partial charge in [0.05, 0.1) is 13.7 Å². The second-order valence-corrected chi connectivity index (χ2v) is 6.35. The molecular weight excluding hydrogens is 362 g/mol. The zero-order valence-corrected chi connectivity index (χ0v) is 15.0. The molecular formula is C18H17ClF2N4O. The van der Waals surface area contributed by atoms with Crippen LogP contribution in [-0.4, -0.2) is 26.9 Å². The predicted octanol–water partition coefficient (Wildman–Crippen LogP) is 3.92. The molecule has 0 aliphatic rings. The van der Waals surface area contributed by atoms with Crippen molar-refractivity contribution in [3.05, 3.63) is 71.1 Å². The molecule has 0 atom stereocenters. The summed E-state index contributed by atoms with van der Waals surface area (Å²) in [5.41, 5.74) is 1.88. The van der Waals surface area contributed by atoms with Gasteiger partial charge in [0.15, 0.2) is 0 Å². The third-order valence-electron chi connectivity index (χ3n) is 3.82. The number of rotatable bonds is 6. The minimum atomic E-state index is -3.53. The van der Waals surface area contributed by atoms with Gasteiger partial charge >= 0.3 is 5.38 Å². The van der Waals surface area contributed by atoms with Gasteiger partial charge < -0.3 is 4.74 Å². The molecule has 0 amide bonds. The lowest BCUT2D eigenvalue weighted by molar-refractivity contribution is 0.0891. The van der Waals surface area contributed by atoms with Gasteiger partial charge in [-0.3, -0.25) is 4.68 Å². The largest absolute Gasteiger partial charge is 0.497 e. The third-order valence-corrected chi connectivity index (χ3v) is 4.01. The van der Waals surface area contributed by atoms with Crippen LogP contribution in [0.2, 0.25) is 0 Å². The number of ether oxygens (including phenoxy) is 1. The third kappa shape index (κ3) is 4.35. The molecule has 0 aliphatic heterocycles. The van der Waals surface area contributed by atoms with E-state index in [1.54, 1.807) is 31.6 Å². The topological polar surface area (TPSA) is 52.8 Å². The van der Waals surface area contributed by atoms with Crippen molar-refractivity contribution in [3.8, 4) is 5.75 Å². The number of hydrogen-bond donors (Lipinski definition) is 0. The van der Waals surface area contributed by atoms with Gasteiger partial charge in [0, 0.05) is 24.5 Å². The van der Waals surface area contributed by atoms with E-state index in [0.717, 1.165) is 16.9 Å². The van der Waals surface area contributed by atoms with Crippen LogP contribution in [0.25, 0.3) is 0 Å². The second-order valence-electron chi connectivity index (χ2n) is 5.88. The van der Waals surface area contributed by atoms with Gasteiger partial charge in [-0.2, -0.15) is 13.9 Å². The van der Waals surface area contributed by atoms with Gasteiger partial charge in [-0.15, -0.1) is 0 Å². The van der Waals surface area contributed by atoms with Crippen LogP contribution in [-0.2, 0) is 18.3 Å². The van der Waals surface area contributed by atoms with Crippen LogP contribution in [0.15, 0.2) is 42.7 Å². The summed E-state index contributed by atoms with van der Waals surface area (Å²) < 4.78 is 33.7. The lowest BCUT2D eigenvalue weighted by Gasteiger charge is -2.08. The number of aryl methyl sites for hydroxylation is 1. The van der Waals surface area contributed by atoms with Crippen LogP contribution < -0.4 is 4.74 Å². The molecule has 2 heterocycles. The van der Waals surface area contributed by atoms with E-state index in [1.807, 2.05) is 19.1 Å². The molecule has 0 aliphatic carbocycles. The van der Waals surface area contributed by atoms with Crippen LogP contribution in [0.4, 0.5) is 8.78 Å². The van der Waals surface area contributed by atoms with E-state index >= 15 is 0 Å². The number of methoxy groups -OCH3 is 1. The maximum atomic E-state index is 13.5. The zero-order chi connectivity index (χ0) is 18.7. The smallest absolute Gasteiger partial charge is 0.366 e. The van der Waals surface area contributed by atoms with E-state index in [9.17, 15) is 8.78 Å². The van der Waals surface area contributed by atoms with E-state index < -0.39 is 11.1 Å². The molecule has 0 unspecified atom stereocenters. The summed E-state index contributed by atoms with van der Waals surface area (Å²) in [7, 11) is 1.58. The van der Waals surface area contributed by atoms with Crippen molar-refractivity contribution >= 4 is 11.6 Å². The highest BCUT2D eigenvalue weighted by atomic mass is 35.5. The fourth-order valence-corrected chi connectivity index (χ4v) is 2.54. The van der Waals surface area contributed by atoms with E-state index in [2.05, 4.69) is 15.1 Å². The summed E-state index contributed by atoms with van der Waals surface area (Å²) in [5, 5.41) is 0.447. The molecule has 3 aromatic rings. The van der Waals surface area contributed by atoms with Crippen LogP contribution in [0.1, 0.15) is 28.3 Å². The van der Waals surface area contributed by atoms with Gasteiger partial charge in [-0.1, -0.05) is 12.1 Å². The zero-order valence-electron chi connectivity index (χ0n) is 14.3. The number of benzene rings is 1. The molecule has 0 radical (unpaired) electrons. The molecule has 0 fully saturated rings. The number of alkyl halides is 3. The Hall–Kier alpha value is -2.54. The lowest BCUT2D eigenvalue weighted by atomic mass is 10.2. The monoisotopic (exact) mass is 378 g/mol. The summed E-state index contributed by atoms with van der Waals surface area (Å²) in [6.45, 7) is 2.20. The highest BCUT2D eigenvalue weighted by Gasteiger charge is 2.32. The van der Waals surface area contributed by atoms with Crippen LogP contribution in [0, 0.1) is 6.92 Å². The van der Waals surface area contributed by atoms with Crippen LogP contribution in [0.3, 0.4) is 0 Å². The first-order valence-electron chi connectivity index (χ1n) is 7.89. The number of halogens is 3. The summed E-state index contributed by atoms with van der Waals surface area (Å²) >= 11 is 5.15. The number of hydrogen-bond acceptors (Lipinski definition) is 4. The average molecular weight is 379 g/mol. The first-order valence-corrected chi connectivity index (χ1v) is 8.27. The van der Waals surface area contributed by atoms with Crippen molar-refractivity contribution in [1.29, 1.82) is 0 Å². The van der Waals surface area contributed by atoms with Crippen molar-refractivity contribution in [3.63, 3.8) is 0 Å². The van der Waals surface area contributed by atoms with Crippen LogP contribution in [0.5, 0.6) is 5.75 Å². The summed E-state index contributed by atoms with van der Waals surface area (Å²) in [6.07, 6.45) is 3.64. The average Bonchev–Trinajstić information content (AvgIpc) is 3.00. The summed E-state index contributed by atoms with van der Waals surface area (Å²) in [4.78, 5) is 8.45. The van der Waals surface area contributed by atoms with Crippen LogP contribution >= 0.6 is 11.6 Å². The lowest BCUT2D eigenvalue weighted by Crippen LogP contribution is -2.10. The predicted molar refractivity (Wildman–Crippen MR) is 93.6 cm³/mol. The van der Waals surface area contributed by atoms with Crippen molar-refractivity contribution < 1.29 is 13.5 Å². The second kappa shape index (κ2) is 7.37. The highest BCUT2D eigenvalue weighted by molar-refractivity contribution is 6.21. The Bertz CT molecular complexity index is 874. The molecule has 0 saturated carbocycles. The van der Waals surface area contributed by atoms with Crippen molar-refractivity contribution in [1.82, 2.24) is 19.7 Å². The van der Waals surface area contributed by atoms with Crippen molar-refractivity contribution in [2.24, 2.45) is 0 Å². The molecule has 8 heteroatoms. The maximum absolute atomic E-state index is 13.5. The summed E-state index contributed by atoms with van der Waals surface area (Å²) in [5.74, 6) is 1.24. The molecule has 0 bridgehead atoms. The molecule has 0 saturated heterocycles. The molecule has 1 aromatic carbocycles. The van der Waals surface area contributed by atoms with E-state index in [-0.39, 0.29) is 6.42 Å². The molecule has 0 N–H and O–H groups in total. The number of aromatic nitrogens is 4. The van der Waals surface area contributed by atoms with E-state index in [1.165, 1.54) is 10.7 Å². The van der Waals surface area contributed by atoms with Gasteiger partial charge in [0.1, 0.15) is 17.3 Å². The van der Waals surface area contributed by atoms with E-state index in [0.29, 0.717) is 18.1 Å². The first-order chi connectivity index (χ1) is 12.3. The highest BCUT2D eigenvalue weighted by Crippen LogP contribution is 2.32. The SMILES string of the molecule is COc1ccc(Cn2nc(C(F)(F)Cl)cc2Cc2ncc(C)cn2)cc1. The van der Waals surface area contributed by atoms with Gasteiger partial charge in [-0.25, -0.2) is 9.97 Å². The molecule has 0 spiro atoms. The fourth-order valence-electron chi connectivity index (χ4n) is 2.45. The van der Waals surface area contributed by atoms with Crippen molar-refractivity contribution in [2.75, 3.05) is 7.11 Å². The molecule has 26 heavy (non-hydrogen) atoms. The van der Waals surface area contributed by atoms with E-state index in [4.69, 9.17) is 16.3 Å². The Morgan fingerprint density at radius 1 is 1.15 bits per heavy atom. The maximum Gasteiger partial charge on any atom is 0.366 e. The molecule has 5 nitrogen and oxygen atoms in total. The Morgan fingerprint density at radius 3 is 2.38 bits per heavy atom. The van der Waals surface area contributed by atoms with Crippen molar-refractivity contribution in [2.45, 2.75) is 25.3 Å². The quantitative estimate of drug-likeness (QED) is 0.610. The number of nitrogens with zero attached hydrogens (tertiary/aromatic N) is 4. The summed E-state index contributed by atoms with van der Waals surface area (Å²) in [6, 6.07) is 8.60.